The summed E-state index contributed by atoms with van der Waals surface area (Å²) in [6.45, 7) is 4.68. The molecule has 5 heteroatoms. The van der Waals surface area contributed by atoms with E-state index in [1.807, 2.05) is 30.3 Å². The number of rotatable bonds is 4. The molecule has 1 aromatic heterocycles. The van der Waals surface area contributed by atoms with E-state index in [2.05, 4.69) is 16.9 Å². The number of hydrogen-bond donors (Lipinski definition) is 2. The number of para-hydroxylation sites is 1. The summed E-state index contributed by atoms with van der Waals surface area (Å²) in [6.07, 6.45) is 4.30. The van der Waals surface area contributed by atoms with Crippen LogP contribution in [-0.2, 0) is 16.1 Å². The average molecular weight is 323 g/mol. The zero-order valence-corrected chi connectivity index (χ0v) is 13.5. The SMILES string of the molecule is C=CC(=O)N1CC2(CC2)C[C@@H]1C(=O)NCc1cc2ccccc2[nH]1. The molecule has 24 heavy (non-hydrogen) atoms. The van der Waals surface area contributed by atoms with Crippen LogP contribution in [0.1, 0.15) is 25.0 Å². The van der Waals surface area contributed by atoms with Crippen LogP contribution in [0, 0.1) is 5.41 Å². The molecule has 4 rings (SSSR count). The van der Waals surface area contributed by atoms with Crippen molar-refractivity contribution >= 4 is 22.7 Å². The Bertz CT molecular complexity index is 786. The van der Waals surface area contributed by atoms with Crippen LogP contribution in [0.2, 0.25) is 0 Å². The minimum atomic E-state index is -0.373. The van der Waals surface area contributed by atoms with Gasteiger partial charge in [0.2, 0.25) is 11.8 Å². The second-order valence-electron chi connectivity index (χ2n) is 6.99. The molecule has 2 N–H and O–H groups in total. The van der Waals surface area contributed by atoms with Crippen molar-refractivity contribution in [3.63, 3.8) is 0 Å². The molecular formula is C19H21N3O2. The van der Waals surface area contributed by atoms with Crippen LogP contribution in [0.15, 0.2) is 43.0 Å². The van der Waals surface area contributed by atoms with E-state index in [0.717, 1.165) is 35.9 Å². The molecule has 1 aliphatic heterocycles. The number of benzene rings is 1. The molecule has 0 bridgehead atoms. The number of aromatic nitrogens is 1. The average Bonchev–Trinajstić information content (AvgIpc) is 3.06. The largest absolute Gasteiger partial charge is 0.357 e. The molecule has 2 fully saturated rings. The van der Waals surface area contributed by atoms with Gasteiger partial charge in [-0.3, -0.25) is 9.59 Å². The number of carbonyl (C=O) groups is 2. The van der Waals surface area contributed by atoms with E-state index < -0.39 is 0 Å². The fourth-order valence-corrected chi connectivity index (χ4v) is 3.71. The van der Waals surface area contributed by atoms with Gasteiger partial charge in [0, 0.05) is 17.8 Å². The molecule has 1 aromatic carbocycles. The van der Waals surface area contributed by atoms with Crippen molar-refractivity contribution in [1.82, 2.24) is 15.2 Å². The highest BCUT2D eigenvalue weighted by Gasteiger charge is 2.54. The highest BCUT2D eigenvalue weighted by molar-refractivity contribution is 5.93. The maximum atomic E-state index is 12.6. The highest BCUT2D eigenvalue weighted by Crippen LogP contribution is 2.54. The zero-order chi connectivity index (χ0) is 16.7. The van der Waals surface area contributed by atoms with Crippen LogP contribution in [0.5, 0.6) is 0 Å². The number of H-pyrrole nitrogens is 1. The van der Waals surface area contributed by atoms with Crippen molar-refractivity contribution < 1.29 is 9.59 Å². The Labute approximate surface area is 140 Å². The van der Waals surface area contributed by atoms with Crippen molar-refractivity contribution in [2.45, 2.75) is 31.8 Å². The van der Waals surface area contributed by atoms with E-state index in [1.54, 1.807) is 4.90 Å². The molecule has 0 radical (unpaired) electrons. The summed E-state index contributed by atoms with van der Waals surface area (Å²) in [4.78, 5) is 29.7. The summed E-state index contributed by atoms with van der Waals surface area (Å²) in [5.74, 6) is -0.225. The van der Waals surface area contributed by atoms with Gasteiger partial charge in [-0.2, -0.15) is 0 Å². The van der Waals surface area contributed by atoms with Gasteiger partial charge in [0.25, 0.3) is 0 Å². The van der Waals surface area contributed by atoms with Gasteiger partial charge in [-0.15, -0.1) is 0 Å². The predicted octanol–water partition coefficient (Wildman–Crippen LogP) is 2.35. The third-order valence-electron chi connectivity index (χ3n) is 5.26. The summed E-state index contributed by atoms with van der Waals surface area (Å²) in [5, 5.41) is 4.11. The zero-order valence-electron chi connectivity index (χ0n) is 13.5. The molecule has 1 spiro atoms. The number of nitrogens with one attached hydrogen (secondary N) is 2. The van der Waals surface area contributed by atoms with E-state index in [1.165, 1.54) is 6.08 Å². The van der Waals surface area contributed by atoms with Crippen LogP contribution < -0.4 is 5.32 Å². The Balaban J connectivity index is 1.44. The normalized spacial score (nSPS) is 21.2. The van der Waals surface area contributed by atoms with Crippen molar-refractivity contribution in [3.05, 3.63) is 48.7 Å². The Morgan fingerprint density at radius 2 is 2.17 bits per heavy atom. The molecule has 5 nitrogen and oxygen atoms in total. The number of hydrogen-bond acceptors (Lipinski definition) is 2. The minimum Gasteiger partial charge on any atom is -0.357 e. The third kappa shape index (κ3) is 2.60. The number of fused-ring (bicyclic) bond motifs is 1. The number of aromatic amines is 1. The summed E-state index contributed by atoms with van der Waals surface area (Å²) < 4.78 is 0. The monoisotopic (exact) mass is 323 g/mol. The smallest absolute Gasteiger partial charge is 0.246 e. The lowest BCUT2D eigenvalue weighted by Crippen LogP contribution is -2.45. The fraction of sp³-hybridized carbons (Fsp3) is 0.368. The van der Waals surface area contributed by atoms with Gasteiger partial charge >= 0.3 is 0 Å². The van der Waals surface area contributed by atoms with Crippen LogP contribution in [0.4, 0.5) is 0 Å². The Hall–Kier alpha value is -2.56. The number of likely N-dealkylation sites (tertiary alicyclic amines) is 1. The van der Waals surface area contributed by atoms with Crippen molar-refractivity contribution in [1.29, 1.82) is 0 Å². The molecule has 0 unspecified atom stereocenters. The first-order chi connectivity index (χ1) is 11.6. The molecule has 2 aliphatic rings. The van der Waals surface area contributed by atoms with Gasteiger partial charge < -0.3 is 15.2 Å². The molecule has 2 aromatic rings. The molecule has 1 saturated heterocycles. The lowest BCUT2D eigenvalue weighted by molar-refractivity contribution is -0.135. The fourth-order valence-electron chi connectivity index (χ4n) is 3.71. The topological polar surface area (TPSA) is 65.2 Å². The van der Waals surface area contributed by atoms with Gasteiger partial charge in [-0.25, -0.2) is 0 Å². The van der Waals surface area contributed by atoms with Gasteiger partial charge in [0.1, 0.15) is 6.04 Å². The number of carbonyl (C=O) groups excluding carboxylic acids is 2. The summed E-state index contributed by atoms with van der Waals surface area (Å²) in [7, 11) is 0. The van der Waals surface area contributed by atoms with Crippen molar-refractivity contribution in [2.24, 2.45) is 5.41 Å². The molecular weight excluding hydrogens is 302 g/mol. The molecule has 1 aliphatic carbocycles. The van der Waals surface area contributed by atoms with Crippen molar-refractivity contribution in [3.8, 4) is 0 Å². The second kappa shape index (κ2) is 5.51. The quantitative estimate of drug-likeness (QED) is 0.848. The van der Waals surface area contributed by atoms with Crippen LogP contribution in [0.25, 0.3) is 10.9 Å². The van der Waals surface area contributed by atoms with Crippen LogP contribution >= 0.6 is 0 Å². The van der Waals surface area contributed by atoms with Gasteiger partial charge in [0.15, 0.2) is 0 Å². The van der Waals surface area contributed by atoms with Gasteiger partial charge in [-0.05, 0) is 48.3 Å². The van der Waals surface area contributed by atoms with Crippen molar-refractivity contribution in [2.75, 3.05) is 6.54 Å². The molecule has 124 valence electrons. The lowest BCUT2D eigenvalue weighted by atomic mass is 10.0. The first-order valence-corrected chi connectivity index (χ1v) is 8.38. The summed E-state index contributed by atoms with van der Waals surface area (Å²) in [6, 6.07) is 9.69. The molecule has 2 amide bonds. The molecule has 2 heterocycles. The van der Waals surface area contributed by atoms with Gasteiger partial charge in [0.05, 0.1) is 6.54 Å². The van der Waals surface area contributed by atoms with E-state index in [4.69, 9.17) is 0 Å². The maximum absolute atomic E-state index is 12.6. The minimum absolute atomic E-state index is 0.0763. The molecule has 1 atom stereocenters. The molecule has 1 saturated carbocycles. The van der Waals surface area contributed by atoms with Crippen LogP contribution in [0.3, 0.4) is 0 Å². The number of amides is 2. The standard InChI is InChI=1S/C19H21N3O2/c1-2-17(23)22-12-19(7-8-19)10-16(22)18(24)20-11-14-9-13-5-3-4-6-15(13)21-14/h2-6,9,16,21H,1,7-8,10-12H2,(H,20,24)/t16-/m1/s1. The Morgan fingerprint density at radius 1 is 1.38 bits per heavy atom. The third-order valence-corrected chi connectivity index (χ3v) is 5.26. The Morgan fingerprint density at radius 3 is 2.88 bits per heavy atom. The van der Waals surface area contributed by atoms with E-state index in [-0.39, 0.29) is 23.3 Å². The number of nitrogens with zero attached hydrogens (tertiary/aromatic N) is 1. The highest BCUT2D eigenvalue weighted by atomic mass is 16.2. The summed E-state index contributed by atoms with van der Waals surface area (Å²) >= 11 is 0. The van der Waals surface area contributed by atoms with E-state index in [0.29, 0.717) is 13.1 Å². The summed E-state index contributed by atoms with van der Waals surface area (Å²) in [5.41, 5.74) is 2.20. The van der Waals surface area contributed by atoms with E-state index in [9.17, 15) is 9.59 Å². The van der Waals surface area contributed by atoms with E-state index >= 15 is 0 Å². The second-order valence-corrected chi connectivity index (χ2v) is 6.99. The Kier molecular flexibility index (Phi) is 3.44. The first-order valence-electron chi connectivity index (χ1n) is 8.38. The maximum Gasteiger partial charge on any atom is 0.246 e. The lowest BCUT2D eigenvalue weighted by Gasteiger charge is -2.22. The van der Waals surface area contributed by atoms with Gasteiger partial charge in [-0.1, -0.05) is 24.8 Å². The first kappa shape index (κ1) is 15.0. The predicted molar refractivity (Wildman–Crippen MR) is 92.1 cm³/mol. The van der Waals surface area contributed by atoms with Crippen LogP contribution in [-0.4, -0.2) is 34.3 Å².